The Balaban J connectivity index is 2.86. The first-order valence-corrected chi connectivity index (χ1v) is 6.38. The van der Waals surface area contributed by atoms with E-state index in [1.807, 2.05) is 0 Å². The molecule has 2 unspecified atom stereocenters. The van der Waals surface area contributed by atoms with Crippen LogP contribution in [-0.4, -0.2) is 15.5 Å². The molecule has 18 heavy (non-hydrogen) atoms. The number of nitrogens with zero attached hydrogens (tertiary/aromatic N) is 1. The zero-order valence-corrected chi connectivity index (χ0v) is 11.1. The van der Waals surface area contributed by atoms with Gasteiger partial charge in [-0.25, -0.2) is 13.2 Å². The van der Waals surface area contributed by atoms with E-state index in [2.05, 4.69) is 4.40 Å². The van der Waals surface area contributed by atoms with Crippen molar-refractivity contribution in [1.29, 1.82) is 0 Å². The predicted molar refractivity (Wildman–Crippen MR) is 66.6 cm³/mol. The summed E-state index contributed by atoms with van der Waals surface area (Å²) in [4.78, 5) is 0. The van der Waals surface area contributed by atoms with Crippen LogP contribution in [0.15, 0.2) is 22.6 Å². The van der Waals surface area contributed by atoms with Crippen LogP contribution in [0.2, 0.25) is 0 Å². The lowest BCUT2D eigenvalue weighted by atomic mass is 10.1. The van der Waals surface area contributed by atoms with Crippen LogP contribution in [0.25, 0.3) is 0 Å². The number of benzene rings is 1. The fraction of sp³-hybridized carbons (Fsp3) is 0.417. The zero-order chi connectivity index (χ0) is 13.9. The average Bonchev–Trinajstić information content (AvgIpc) is 2.27. The topological polar surface area (TPSA) is 35.4 Å². The van der Waals surface area contributed by atoms with Crippen molar-refractivity contribution in [2.45, 2.75) is 31.7 Å². The minimum Gasteiger partial charge on any atom is -0.591 e. The van der Waals surface area contributed by atoms with E-state index in [9.17, 15) is 17.7 Å². The molecule has 1 aromatic rings. The summed E-state index contributed by atoms with van der Waals surface area (Å²) >= 11 is -1.63. The highest BCUT2D eigenvalue weighted by Gasteiger charge is 2.26. The molecule has 0 radical (unpaired) electrons. The van der Waals surface area contributed by atoms with Crippen molar-refractivity contribution in [2.75, 3.05) is 0 Å². The van der Waals surface area contributed by atoms with E-state index in [4.69, 9.17) is 0 Å². The first kappa shape index (κ1) is 15.0. The van der Waals surface area contributed by atoms with Crippen molar-refractivity contribution in [3.05, 3.63) is 35.4 Å². The lowest BCUT2D eigenvalue weighted by Crippen LogP contribution is -2.26. The Bertz CT molecular complexity index is 445. The molecule has 1 rings (SSSR count). The van der Waals surface area contributed by atoms with Gasteiger partial charge < -0.3 is 4.55 Å². The van der Waals surface area contributed by atoms with E-state index in [0.29, 0.717) is 0 Å². The molecule has 0 spiro atoms. The minimum absolute atomic E-state index is 0.454. The van der Waals surface area contributed by atoms with Crippen LogP contribution in [0.3, 0.4) is 0 Å². The Hall–Kier alpha value is -1.01. The maximum absolute atomic E-state index is 13.6. The Kier molecular flexibility index (Phi) is 4.81. The van der Waals surface area contributed by atoms with E-state index in [1.54, 1.807) is 20.8 Å². The molecule has 0 N–H and O–H groups in total. The minimum atomic E-state index is -1.92. The zero-order valence-electron chi connectivity index (χ0n) is 10.3. The Morgan fingerprint density at radius 1 is 1.33 bits per heavy atom. The Labute approximate surface area is 107 Å². The molecule has 6 heteroatoms. The second-order valence-electron chi connectivity index (χ2n) is 4.66. The van der Waals surface area contributed by atoms with E-state index < -0.39 is 39.5 Å². The summed E-state index contributed by atoms with van der Waals surface area (Å²) in [5, 5.41) is 0. The number of halogens is 3. The molecule has 0 saturated heterocycles. The summed E-state index contributed by atoms with van der Waals surface area (Å²) in [6.45, 7) is 5.03. The molecule has 0 heterocycles. The van der Waals surface area contributed by atoms with Gasteiger partial charge in [-0.05, 0) is 26.8 Å². The van der Waals surface area contributed by atoms with Gasteiger partial charge in [0.05, 0.1) is 6.21 Å². The van der Waals surface area contributed by atoms with Gasteiger partial charge in [-0.1, -0.05) is 16.5 Å². The van der Waals surface area contributed by atoms with Crippen LogP contribution >= 0.6 is 0 Å². The molecular weight excluding hydrogens is 263 g/mol. The molecule has 0 aliphatic carbocycles. The Morgan fingerprint density at radius 2 is 1.94 bits per heavy atom. The number of hydrogen-bond acceptors (Lipinski definition) is 2. The maximum Gasteiger partial charge on any atom is 0.168 e. The van der Waals surface area contributed by atoms with Gasteiger partial charge in [0.1, 0.15) is 16.1 Å². The van der Waals surface area contributed by atoms with Crippen LogP contribution in [0.5, 0.6) is 0 Å². The molecule has 2 atom stereocenters. The summed E-state index contributed by atoms with van der Waals surface area (Å²) in [5.74, 6) is -2.38. The first-order chi connectivity index (χ1) is 8.23. The number of rotatable bonds is 3. The normalized spacial score (nSPS) is 15.9. The lowest BCUT2D eigenvalue weighted by molar-refractivity contribution is 0.414. The number of alkyl halides is 1. The van der Waals surface area contributed by atoms with Gasteiger partial charge >= 0.3 is 0 Å². The summed E-state index contributed by atoms with van der Waals surface area (Å²) in [6.07, 6.45) is -1.19. The second kappa shape index (κ2) is 5.75. The third-order valence-corrected chi connectivity index (χ3v) is 3.45. The molecule has 0 aromatic heterocycles. The largest absolute Gasteiger partial charge is 0.591 e. The van der Waals surface area contributed by atoms with Crippen LogP contribution in [0, 0.1) is 11.6 Å². The SMILES string of the molecule is CC(C)(C)[S+]([O-])/N=C/C(F)c1cccc(F)c1F. The van der Waals surface area contributed by atoms with Gasteiger partial charge in [0.15, 0.2) is 17.8 Å². The quantitative estimate of drug-likeness (QED) is 0.615. The van der Waals surface area contributed by atoms with Gasteiger partial charge in [-0.2, -0.15) is 0 Å². The summed E-state index contributed by atoms with van der Waals surface area (Å²) in [6, 6.07) is 3.22. The molecule has 0 fully saturated rings. The second-order valence-corrected chi connectivity index (χ2v) is 6.59. The van der Waals surface area contributed by atoms with E-state index in [1.165, 1.54) is 6.07 Å². The van der Waals surface area contributed by atoms with E-state index in [-0.39, 0.29) is 0 Å². The van der Waals surface area contributed by atoms with E-state index in [0.717, 1.165) is 18.3 Å². The highest BCUT2D eigenvalue weighted by atomic mass is 32.2. The summed E-state index contributed by atoms with van der Waals surface area (Å²) in [5.41, 5.74) is -0.454. The van der Waals surface area contributed by atoms with Crippen molar-refractivity contribution >= 4 is 17.6 Å². The molecule has 2 nitrogen and oxygen atoms in total. The van der Waals surface area contributed by atoms with Crippen LogP contribution in [0.4, 0.5) is 13.2 Å². The lowest BCUT2D eigenvalue weighted by Gasteiger charge is -2.18. The highest BCUT2D eigenvalue weighted by molar-refractivity contribution is 7.91. The van der Waals surface area contributed by atoms with Crippen LogP contribution < -0.4 is 0 Å². The molecule has 0 aliphatic heterocycles. The molecule has 0 aliphatic rings. The van der Waals surface area contributed by atoms with Gasteiger partial charge in [0.2, 0.25) is 0 Å². The van der Waals surface area contributed by atoms with Crippen molar-refractivity contribution in [1.82, 2.24) is 0 Å². The highest BCUT2D eigenvalue weighted by Crippen LogP contribution is 2.23. The molecule has 1 aromatic carbocycles. The van der Waals surface area contributed by atoms with Gasteiger partial charge in [-0.3, -0.25) is 0 Å². The fourth-order valence-electron chi connectivity index (χ4n) is 1.08. The van der Waals surface area contributed by atoms with Crippen molar-refractivity contribution in [3.8, 4) is 0 Å². The van der Waals surface area contributed by atoms with Crippen molar-refractivity contribution < 1.29 is 17.7 Å². The van der Waals surface area contributed by atoms with Gasteiger partial charge in [0.25, 0.3) is 0 Å². The Morgan fingerprint density at radius 3 is 2.50 bits per heavy atom. The summed E-state index contributed by atoms with van der Waals surface area (Å²) < 4.78 is 54.2. The number of hydrogen-bond donors (Lipinski definition) is 0. The molecule has 0 saturated carbocycles. The van der Waals surface area contributed by atoms with Crippen LogP contribution in [-0.2, 0) is 11.4 Å². The molecule has 100 valence electrons. The monoisotopic (exact) mass is 277 g/mol. The third kappa shape index (κ3) is 3.74. The molecule has 0 bridgehead atoms. The average molecular weight is 277 g/mol. The molecule has 0 amide bonds. The van der Waals surface area contributed by atoms with Crippen molar-refractivity contribution in [2.24, 2.45) is 4.40 Å². The molecular formula is C12H14F3NOS. The third-order valence-electron chi connectivity index (χ3n) is 2.09. The fourth-order valence-corrected chi connectivity index (χ4v) is 1.61. The van der Waals surface area contributed by atoms with Crippen molar-refractivity contribution in [3.63, 3.8) is 0 Å². The van der Waals surface area contributed by atoms with Crippen LogP contribution in [0.1, 0.15) is 32.5 Å². The standard InChI is InChI=1S/C12H14F3NOS/c1-12(2,3)18(17)16-7-10(14)8-5-4-6-9(13)11(8)15/h4-7,10H,1-3H3/b16-7+. The predicted octanol–water partition coefficient (Wildman–Crippen LogP) is 3.51. The first-order valence-electron chi connectivity index (χ1n) is 5.27. The maximum atomic E-state index is 13.6. The van der Waals surface area contributed by atoms with Gasteiger partial charge in [-0.15, -0.1) is 0 Å². The smallest absolute Gasteiger partial charge is 0.168 e. The van der Waals surface area contributed by atoms with Gasteiger partial charge in [0, 0.05) is 5.56 Å². The van der Waals surface area contributed by atoms with E-state index >= 15 is 0 Å². The summed E-state index contributed by atoms with van der Waals surface area (Å²) in [7, 11) is 0.